The number of hydrogen-bond donors (Lipinski definition) is 2. The zero-order valence-electron chi connectivity index (χ0n) is 10.2. The fourth-order valence-electron chi connectivity index (χ4n) is 2.28. The van der Waals surface area contributed by atoms with Gasteiger partial charge in [-0.3, -0.25) is 9.59 Å². The lowest BCUT2D eigenvalue weighted by Crippen LogP contribution is -2.28. The summed E-state index contributed by atoms with van der Waals surface area (Å²) in [6.07, 6.45) is 3.17. The summed E-state index contributed by atoms with van der Waals surface area (Å²) in [6, 6.07) is 0. The lowest BCUT2D eigenvalue weighted by atomic mass is 10.1. The molecule has 16 heavy (non-hydrogen) atoms. The van der Waals surface area contributed by atoms with E-state index in [2.05, 4.69) is 12.2 Å². The van der Waals surface area contributed by atoms with E-state index in [0.717, 1.165) is 19.3 Å². The van der Waals surface area contributed by atoms with Gasteiger partial charge < -0.3 is 10.4 Å². The van der Waals surface area contributed by atoms with Crippen molar-refractivity contribution in [1.29, 1.82) is 0 Å². The molecular weight excluding hydrogens is 206 g/mol. The second-order valence-electron chi connectivity index (χ2n) is 5.11. The van der Waals surface area contributed by atoms with Crippen molar-refractivity contribution in [3.8, 4) is 0 Å². The molecular formula is C12H21NO3. The Kier molecular flexibility index (Phi) is 3.94. The number of hydrogen-bond acceptors (Lipinski definition) is 2. The minimum atomic E-state index is -0.862. The van der Waals surface area contributed by atoms with Gasteiger partial charge in [0, 0.05) is 6.54 Å². The number of carbonyl (C=O) groups is 2. The quantitative estimate of drug-likeness (QED) is 0.678. The number of rotatable bonds is 6. The van der Waals surface area contributed by atoms with E-state index in [1.54, 1.807) is 0 Å². The van der Waals surface area contributed by atoms with Crippen LogP contribution in [0, 0.1) is 17.3 Å². The Bertz CT molecular complexity index is 286. The van der Waals surface area contributed by atoms with E-state index in [0.29, 0.717) is 6.54 Å². The Morgan fingerprint density at radius 2 is 1.88 bits per heavy atom. The van der Waals surface area contributed by atoms with Crippen LogP contribution in [0.25, 0.3) is 0 Å². The Labute approximate surface area is 96.4 Å². The van der Waals surface area contributed by atoms with Crippen molar-refractivity contribution in [2.24, 2.45) is 17.3 Å². The minimum Gasteiger partial charge on any atom is -0.481 e. The molecule has 4 heteroatoms. The van der Waals surface area contributed by atoms with Crippen molar-refractivity contribution < 1.29 is 14.7 Å². The van der Waals surface area contributed by atoms with Gasteiger partial charge in [-0.1, -0.05) is 33.6 Å². The third-order valence-electron chi connectivity index (χ3n) is 3.46. The van der Waals surface area contributed by atoms with Crippen molar-refractivity contribution in [2.75, 3.05) is 6.54 Å². The predicted molar refractivity (Wildman–Crippen MR) is 60.9 cm³/mol. The first-order valence-corrected chi connectivity index (χ1v) is 5.93. The molecule has 2 unspecified atom stereocenters. The van der Waals surface area contributed by atoms with Gasteiger partial charge in [0.1, 0.15) is 0 Å². The van der Waals surface area contributed by atoms with Crippen molar-refractivity contribution in [3.05, 3.63) is 0 Å². The molecule has 0 aliphatic heterocycles. The fraction of sp³-hybridized carbons (Fsp3) is 0.833. The summed E-state index contributed by atoms with van der Waals surface area (Å²) in [6.45, 7) is 6.43. The molecule has 1 saturated carbocycles. The molecule has 4 nitrogen and oxygen atoms in total. The average Bonchev–Trinajstić information content (AvgIpc) is 2.76. The zero-order chi connectivity index (χ0) is 12.3. The maximum absolute atomic E-state index is 11.7. The Balaban J connectivity index is 2.36. The molecule has 0 heterocycles. The smallest absolute Gasteiger partial charge is 0.307 e. The average molecular weight is 227 g/mol. The third kappa shape index (κ3) is 2.54. The van der Waals surface area contributed by atoms with Crippen LogP contribution < -0.4 is 5.32 Å². The van der Waals surface area contributed by atoms with Crippen molar-refractivity contribution in [3.63, 3.8) is 0 Å². The fourth-order valence-corrected chi connectivity index (χ4v) is 2.28. The van der Waals surface area contributed by atoms with Crippen molar-refractivity contribution in [1.82, 2.24) is 5.32 Å². The molecule has 1 amide bonds. The summed E-state index contributed by atoms with van der Waals surface area (Å²) in [7, 11) is 0. The number of carboxylic acids is 1. The standard InChI is InChI=1S/C12H21NO3/c1-4-5-6-7-13-10(14)8-9(11(15)16)12(8,2)3/h8-9H,4-7H2,1-3H3,(H,13,14)(H,15,16). The second-order valence-corrected chi connectivity index (χ2v) is 5.11. The van der Waals surface area contributed by atoms with Crippen LogP contribution in [-0.4, -0.2) is 23.5 Å². The van der Waals surface area contributed by atoms with Crippen LogP contribution in [0.3, 0.4) is 0 Å². The topological polar surface area (TPSA) is 66.4 Å². The maximum atomic E-state index is 11.7. The Hall–Kier alpha value is -1.06. The van der Waals surface area contributed by atoms with Gasteiger partial charge in [-0.25, -0.2) is 0 Å². The highest BCUT2D eigenvalue weighted by Crippen LogP contribution is 2.58. The summed E-state index contributed by atoms with van der Waals surface area (Å²) in [5, 5.41) is 11.8. The van der Waals surface area contributed by atoms with Gasteiger partial charge in [0.15, 0.2) is 0 Å². The summed E-state index contributed by atoms with van der Waals surface area (Å²) >= 11 is 0. The number of amides is 1. The van der Waals surface area contributed by atoms with Crippen LogP contribution in [0.4, 0.5) is 0 Å². The first-order chi connectivity index (χ1) is 7.42. The molecule has 2 N–H and O–H groups in total. The Morgan fingerprint density at radius 1 is 1.25 bits per heavy atom. The van der Waals surface area contributed by atoms with E-state index in [1.165, 1.54) is 0 Å². The summed E-state index contributed by atoms with van der Waals surface area (Å²) in [5.41, 5.74) is -0.388. The van der Waals surface area contributed by atoms with Gasteiger partial charge in [0.25, 0.3) is 0 Å². The van der Waals surface area contributed by atoms with Gasteiger partial charge in [0.2, 0.25) is 5.91 Å². The molecule has 0 aromatic carbocycles. The number of aliphatic carboxylic acids is 1. The van der Waals surface area contributed by atoms with E-state index >= 15 is 0 Å². The van der Waals surface area contributed by atoms with Crippen LogP contribution in [0.5, 0.6) is 0 Å². The molecule has 1 rings (SSSR count). The van der Waals surface area contributed by atoms with E-state index < -0.39 is 11.9 Å². The molecule has 1 aliphatic rings. The maximum Gasteiger partial charge on any atom is 0.307 e. The lowest BCUT2D eigenvalue weighted by Gasteiger charge is -2.05. The number of carbonyl (C=O) groups excluding carboxylic acids is 1. The zero-order valence-corrected chi connectivity index (χ0v) is 10.2. The SMILES string of the molecule is CCCCCNC(=O)C1C(C(=O)O)C1(C)C. The normalized spacial score (nSPS) is 26.2. The van der Waals surface area contributed by atoms with Gasteiger partial charge in [0.05, 0.1) is 11.8 Å². The van der Waals surface area contributed by atoms with Crippen LogP contribution in [0.2, 0.25) is 0 Å². The highest BCUT2D eigenvalue weighted by molar-refractivity contribution is 5.91. The number of nitrogens with one attached hydrogen (secondary N) is 1. The van der Waals surface area contributed by atoms with Crippen LogP contribution >= 0.6 is 0 Å². The number of unbranched alkanes of at least 4 members (excludes halogenated alkanes) is 2. The van der Waals surface area contributed by atoms with Gasteiger partial charge in [-0.15, -0.1) is 0 Å². The highest BCUT2D eigenvalue weighted by atomic mass is 16.4. The monoisotopic (exact) mass is 227 g/mol. The molecule has 1 fully saturated rings. The molecule has 0 aromatic heterocycles. The predicted octanol–water partition coefficient (Wildman–Crippen LogP) is 1.65. The van der Waals surface area contributed by atoms with Crippen molar-refractivity contribution >= 4 is 11.9 Å². The van der Waals surface area contributed by atoms with E-state index in [-0.39, 0.29) is 17.2 Å². The van der Waals surface area contributed by atoms with E-state index in [4.69, 9.17) is 5.11 Å². The van der Waals surface area contributed by atoms with Crippen molar-refractivity contribution in [2.45, 2.75) is 40.0 Å². The van der Waals surface area contributed by atoms with E-state index in [9.17, 15) is 9.59 Å². The molecule has 1 aliphatic carbocycles. The lowest BCUT2D eigenvalue weighted by molar-refractivity contribution is -0.140. The van der Waals surface area contributed by atoms with Crippen LogP contribution in [-0.2, 0) is 9.59 Å². The molecule has 0 spiro atoms. The highest BCUT2D eigenvalue weighted by Gasteiger charge is 2.65. The third-order valence-corrected chi connectivity index (χ3v) is 3.46. The first kappa shape index (κ1) is 13.0. The largest absolute Gasteiger partial charge is 0.481 e. The number of carboxylic acid groups (broad SMARTS) is 1. The molecule has 2 atom stereocenters. The van der Waals surface area contributed by atoms with Crippen LogP contribution in [0.15, 0.2) is 0 Å². The minimum absolute atomic E-state index is 0.103. The van der Waals surface area contributed by atoms with E-state index in [1.807, 2.05) is 13.8 Å². The first-order valence-electron chi connectivity index (χ1n) is 5.93. The molecule has 0 aromatic rings. The molecule has 0 saturated heterocycles. The summed E-state index contributed by atoms with van der Waals surface area (Å²) in [5.74, 6) is -1.84. The van der Waals surface area contributed by atoms with Gasteiger partial charge >= 0.3 is 5.97 Å². The van der Waals surface area contributed by atoms with Gasteiger partial charge in [-0.05, 0) is 11.8 Å². The summed E-state index contributed by atoms with van der Waals surface area (Å²) in [4.78, 5) is 22.6. The molecule has 0 bridgehead atoms. The second kappa shape index (κ2) is 4.85. The van der Waals surface area contributed by atoms with Crippen LogP contribution in [0.1, 0.15) is 40.0 Å². The van der Waals surface area contributed by atoms with Gasteiger partial charge in [-0.2, -0.15) is 0 Å². The molecule has 0 radical (unpaired) electrons. The Morgan fingerprint density at radius 3 is 2.31 bits per heavy atom. The summed E-state index contributed by atoms with van der Waals surface area (Å²) < 4.78 is 0. The molecule has 92 valence electrons.